The second-order valence-electron chi connectivity index (χ2n) is 7.12. The van der Waals surface area contributed by atoms with Crippen LogP contribution in [0.1, 0.15) is 18.4 Å². The first-order chi connectivity index (χ1) is 10.7. The lowest BCUT2D eigenvalue weighted by molar-refractivity contribution is 0.0818. The van der Waals surface area contributed by atoms with Crippen LogP contribution in [0.5, 0.6) is 0 Å². The van der Waals surface area contributed by atoms with Crippen LogP contribution in [0.15, 0.2) is 30.3 Å². The molecule has 2 saturated heterocycles. The zero-order chi connectivity index (χ0) is 15.4. The number of likely N-dealkylation sites (tertiary alicyclic amines) is 1. The second kappa shape index (κ2) is 7.09. The summed E-state index contributed by atoms with van der Waals surface area (Å²) in [4.78, 5) is 4.61. The highest BCUT2D eigenvalue weighted by molar-refractivity contribution is 5.14. The molecule has 0 saturated carbocycles. The molecule has 2 atom stereocenters. The Balaban J connectivity index is 1.41. The predicted molar refractivity (Wildman–Crippen MR) is 87.7 cm³/mol. The zero-order valence-corrected chi connectivity index (χ0v) is 13.6. The van der Waals surface area contributed by atoms with Gasteiger partial charge in [-0.25, -0.2) is 0 Å². The molecule has 4 heteroatoms. The van der Waals surface area contributed by atoms with Gasteiger partial charge in [0.15, 0.2) is 0 Å². The van der Waals surface area contributed by atoms with Crippen LogP contribution in [0, 0.1) is 5.41 Å². The van der Waals surface area contributed by atoms with Crippen LogP contribution in [-0.4, -0.2) is 67.5 Å². The van der Waals surface area contributed by atoms with Crippen molar-refractivity contribution >= 4 is 0 Å². The van der Waals surface area contributed by atoms with E-state index in [1.54, 1.807) is 0 Å². The summed E-state index contributed by atoms with van der Waals surface area (Å²) in [6, 6.07) is 10.4. The molecule has 2 aliphatic rings. The Kier molecular flexibility index (Phi) is 5.14. The van der Waals surface area contributed by atoms with Gasteiger partial charge in [-0.2, -0.15) is 0 Å². The maximum absolute atomic E-state index is 10.4. The van der Waals surface area contributed by atoms with Crippen molar-refractivity contribution < 1.29 is 9.84 Å². The SMILES string of the molecule is CN(Cc1ccccc1)CC(O)CN1CCC2(CCOC2)C1. The van der Waals surface area contributed by atoms with Gasteiger partial charge in [-0.15, -0.1) is 0 Å². The monoisotopic (exact) mass is 304 g/mol. The lowest BCUT2D eigenvalue weighted by Gasteiger charge is -2.26. The quantitative estimate of drug-likeness (QED) is 0.866. The highest BCUT2D eigenvalue weighted by Gasteiger charge is 2.41. The molecular weight excluding hydrogens is 276 g/mol. The molecule has 0 bridgehead atoms. The minimum atomic E-state index is -0.286. The van der Waals surface area contributed by atoms with Crippen molar-refractivity contribution in [3.8, 4) is 0 Å². The second-order valence-corrected chi connectivity index (χ2v) is 7.12. The Morgan fingerprint density at radius 2 is 2.14 bits per heavy atom. The average Bonchev–Trinajstić information content (AvgIpc) is 3.10. The molecule has 0 radical (unpaired) electrons. The van der Waals surface area contributed by atoms with Crippen molar-refractivity contribution in [2.45, 2.75) is 25.5 Å². The van der Waals surface area contributed by atoms with Crippen molar-refractivity contribution in [1.82, 2.24) is 9.80 Å². The molecule has 2 fully saturated rings. The van der Waals surface area contributed by atoms with Crippen molar-refractivity contribution in [2.24, 2.45) is 5.41 Å². The van der Waals surface area contributed by atoms with Gasteiger partial charge in [0.1, 0.15) is 0 Å². The van der Waals surface area contributed by atoms with E-state index >= 15 is 0 Å². The summed E-state index contributed by atoms with van der Waals surface area (Å²) in [5, 5.41) is 10.4. The highest BCUT2D eigenvalue weighted by Crippen LogP contribution is 2.38. The largest absolute Gasteiger partial charge is 0.390 e. The zero-order valence-electron chi connectivity index (χ0n) is 13.6. The van der Waals surface area contributed by atoms with E-state index in [1.165, 1.54) is 18.4 Å². The molecule has 0 amide bonds. The maximum Gasteiger partial charge on any atom is 0.0793 e. The van der Waals surface area contributed by atoms with E-state index in [-0.39, 0.29) is 6.10 Å². The van der Waals surface area contributed by atoms with Crippen LogP contribution in [0.4, 0.5) is 0 Å². The number of ether oxygens (including phenoxy) is 1. The number of hydrogen-bond donors (Lipinski definition) is 1. The molecular formula is C18H28N2O2. The van der Waals surface area contributed by atoms with Gasteiger partial charge in [0.25, 0.3) is 0 Å². The first kappa shape index (κ1) is 15.9. The molecule has 4 nitrogen and oxygen atoms in total. The molecule has 3 rings (SSSR count). The van der Waals surface area contributed by atoms with Gasteiger partial charge in [-0.1, -0.05) is 30.3 Å². The third kappa shape index (κ3) is 4.07. The number of aliphatic hydroxyl groups excluding tert-OH is 1. The predicted octanol–water partition coefficient (Wildman–Crippen LogP) is 1.59. The Hall–Kier alpha value is -0.940. The van der Waals surface area contributed by atoms with E-state index in [2.05, 4.69) is 41.1 Å². The molecule has 1 aromatic carbocycles. The van der Waals surface area contributed by atoms with Crippen LogP contribution in [0.25, 0.3) is 0 Å². The first-order valence-electron chi connectivity index (χ1n) is 8.36. The van der Waals surface area contributed by atoms with E-state index in [0.29, 0.717) is 5.41 Å². The Morgan fingerprint density at radius 3 is 2.86 bits per heavy atom. The third-order valence-corrected chi connectivity index (χ3v) is 4.99. The van der Waals surface area contributed by atoms with E-state index in [9.17, 15) is 5.11 Å². The minimum Gasteiger partial charge on any atom is -0.390 e. The molecule has 0 aromatic heterocycles. The lowest BCUT2D eigenvalue weighted by Crippen LogP contribution is -2.39. The van der Waals surface area contributed by atoms with E-state index < -0.39 is 0 Å². The normalized spacial score (nSPS) is 27.0. The molecule has 1 aromatic rings. The van der Waals surface area contributed by atoms with E-state index in [4.69, 9.17) is 4.74 Å². The highest BCUT2D eigenvalue weighted by atomic mass is 16.5. The number of β-amino-alcohol motifs (C(OH)–C–C–N with tert-alkyl or cyclic N) is 1. The smallest absolute Gasteiger partial charge is 0.0793 e. The fourth-order valence-corrected chi connectivity index (χ4v) is 3.83. The fourth-order valence-electron chi connectivity index (χ4n) is 3.83. The van der Waals surface area contributed by atoms with Gasteiger partial charge < -0.3 is 14.7 Å². The van der Waals surface area contributed by atoms with Crippen LogP contribution >= 0.6 is 0 Å². The summed E-state index contributed by atoms with van der Waals surface area (Å²) in [6.45, 7) is 6.39. The summed E-state index contributed by atoms with van der Waals surface area (Å²) < 4.78 is 5.57. The van der Waals surface area contributed by atoms with Crippen molar-refractivity contribution in [3.63, 3.8) is 0 Å². The summed E-state index contributed by atoms with van der Waals surface area (Å²) >= 11 is 0. The molecule has 122 valence electrons. The first-order valence-corrected chi connectivity index (χ1v) is 8.36. The summed E-state index contributed by atoms with van der Waals surface area (Å²) in [5.41, 5.74) is 1.68. The summed E-state index contributed by atoms with van der Waals surface area (Å²) in [7, 11) is 2.08. The fraction of sp³-hybridized carbons (Fsp3) is 0.667. The molecule has 1 N–H and O–H groups in total. The summed E-state index contributed by atoms with van der Waals surface area (Å²) in [5.74, 6) is 0. The van der Waals surface area contributed by atoms with Crippen molar-refractivity contribution in [2.75, 3.05) is 46.4 Å². The number of aliphatic hydroxyl groups is 1. The molecule has 2 aliphatic heterocycles. The Bertz CT molecular complexity index is 459. The number of hydrogen-bond acceptors (Lipinski definition) is 4. The maximum atomic E-state index is 10.4. The van der Waals surface area contributed by atoms with Gasteiger partial charge >= 0.3 is 0 Å². The number of benzene rings is 1. The van der Waals surface area contributed by atoms with Gasteiger partial charge in [-0.05, 0) is 32.0 Å². The van der Waals surface area contributed by atoms with Gasteiger partial charge in [0.2, 0.25) is 0 Å². The van der Waals surface area contributed by atoms with Crippen LogP contribution in [0.3, 0.4) is 0 Å². The van der Waals surface area contributed by atoms with Gasteiger partial charge in [0.05, 0.1) is 12.7 Å². The summed E-state index contributed by atoms with van der Waals surface area (Å²) in [6.07, 6.45) is 2.12. The molecule has 0 aliphatic carbocycles. The molecule has 2 unspecified atom stereocenters. The molecule has 2 heterocycles. The third-order valence-electron chi connectivity index (χ3n) is 4.99. The van der Waals surface area contributed by atoms with E-state index in [1.807, 2.05) is 6.07 Å². The minimum absolute atomic E-state index is 0.286. The van der Waals surface area contributed by atoms with Gasteiger partial charge in [-0.3, -0.25) is 4.90 Å². The van der Waals surface area contributed by atoms with Crippen LogP contribution in [0.2, 0.25) is 0 Å². The lowest BCUT2D eigenvalue weighted by atomic mass is 9.87. The van der Waals surface area contributed by atoms with Crippen molar-refractivity contribution in [3.05, 3.63) is 35.9 Å². The van der Waals surface area contributed by atoms with Gasteiger partial charge in [0, 0.05) is 38.2 Å². The molecule has 22 heavy (non-hydrogen) atoms. The standard InChI is InChI=1S/C18H28N2O2/c1-19(11-16-5-3-2-4-6-16)12-17(21)13-20-9-7-18(14-20)8-10-22-15-18/h2-6,17,21H,7-15H2,1H3. The number of nitrogens with zero attached hydrogens (tertiary/aromatic N) is 2. The molecule has 1 spiro atoms. The Labute approximate surface area is 133 Å². The topological polar surface area (TPSA) is 35.9 Å². The van der Waals surface area contributed by atoms with Crippen LogP contribution in [-0.2, 0) is 11.3 Å². The average molecular weight is 304 g/mol. The number of likely N-dealkylation sites (N-methyl/N-ethyl adjacent to an activating group) is 1. The Morgan fingerprint density at radius 1 is 1.32 bits per heavy atom. The van der Waals surface area contributed by atoms with E-state index in [0.717, 1.165) is 45.9 Å². The van der Waals surface area contributed by atoms with Crippen molar-refractivity contribution in [1.29, 1.82) is 0 Å². The van der Waals surface area contributed by atoms with Crippen LogP contribution < -0.4 is 0 Å². The number of rotatable bonds is 6.